The summed E-state index contributed by atoms with van der Waals surface area (Å²) < 4.78 is 43.4. The molecule has 1 aliphatic rings. The van der Waals surface area contributed by atoms with Gasteiger partial charge in [-0.2, -0.15) is 13.2 Å². The van der Waals surface area contributed by atoms with Crippen molar-refractivity contribution in [2.75, 3.05) is 5.32 Å². The Bertz CT molecular complexity index is 1670. The van der Waals surface area contributed by atoms with Gasteiger partial charge in [0, 0.05) is 25.2 Å². The number of benzene rings is 1. The lowest BCUT2D eigenvalue weighted by molar-refractivity contribution is -0.141. The first kappa shape index (κ1) is 29.3. The second-order valence-electron chi connectivity index (χ2n) is 10.3. The monoisotopic (exact) mass is 600 g/mol. The standard InChI is InChI=1S/C29H28ClF3N6O3/c1-2-25(40)37-24-12-11-20(15-34-24)39-23-6-4-3-5-22(23)38(28(39)42)16-17-7-9-19(10-8-17)36-27(41)21-13-18(30)14-35-26(21)29(31,32)33/h3-6,11-15,17,19H,2,7-10,16H2,1H3,(H,36,41)(H,34,37,40)/t17-,19-. The Labute approximate surface area is 243 Å². The predicted molar refractivity (Wildman–Crippen MR) is 152 cm³/mol. The number of amides is 2. The summed E-state index contributed by atoms with van der Waals surface area (Å²) in [5, 5.41) is 5.33. The van der Waals surface area contributed by atoms with E-state index in [1.807, 2.05) is 24.3 Å². The molecule has 0 spiro atoms. The van der Waals surface area contributed by atoms with Gasteiger partial charge in [0.05, 0.1) is 33.5 Å². The zero-order valence-electron chi connectivity index (χ0n) is 22.6. The van der Waals surface area contributed by atoms with Gasteiger partial charge < -0.3 is 10.6 Å². The largest absolute Gasteiger partial charge is 0.434 e. The number of carbonyl (C=O) groups excluding carboxylic acids is 2. The van der Waals surface area contributed by atoms with Crippen LogP contribution in [0.15, 0.2) is 59.7 Å². The fraction of sp³-hybridized carbons (Fsp3) is 0.345. The third-order valence-electron chi connectivity index (χ3n) is 7.42. The molecule has 0 saturated heterocycles. The van der Waals surface area contributed by atoms with Gasteiger partial charge in [-0.05, 0) is 61.9 Å². The highest BCUT2D eigenvalue weighted by Gasteiger charge is 2.38. The molecule has 1 aromatic carbocycles. The number of carbonyl (C=O) groups is 2. The average Bonchev–Trinajstić information content (AvgIpc) is 3.24. The van der Waals surface area contributed by atoms with Crippen LogP contribution in [0.2, 0.25) is 5.02 Å². The van der Waals surface area contributed by atoms with Crippen LogP contribution in [0.1, 0.15) is 55.1 Å². The van der Waals surface area contributed by atoms with Crippen molar-refractivity contribution in [2.45, 2.75) is 57.8 Å². The van der Waals surface area contributed by atoms with Crippen molar-refractivity contribution >= 4 is 40.3 Å². The van der Waals surface area contributed by atoms with E-state index in [0.717, 1.165) is 17.8 Å². The minimum absolute atomic E-state index is 0.0588. The Morgan fingerprint density at radius 2 is 1.74 bits per heavy atom. The Hall–Kier alpha value is -4.19. The SMILES string of the molecule is CCC(=O)Nc1ccc(-n2c(=O)n(C[C@H]3CC[C@H](NC(=O)c4cc(Cl)cnc4C(F)(F)F)CC3)c3ccccc32)cn1. The zero-order chi connectivity index (χ0) is 30.0. The summed E-state index contributed by atoms with van der Waals surface area (Å²) >= 11 is 5.82. The molecular formula is C29H28ClF3N6O3. The third-order valence-corrected chi connectivity index (χ3v) is 7.63. The highest BCUT2D eigenvalue weighted by atomic mass is 35.5. The first-order chi connectivity index (χ1) is 20.0. The molecule has 5 rings (SSSR count). The topological polar surface area (TPSA) is 111 Å². The molecule has 3 aromatic heterocycles. The van der Waals surface area contributed by atoms with Crippen LogP contribution < -0.4 is 16.3 Å². The number of anilines is 1. The van der Waals surface area contributed by atoms with Crippen molar-refractivity contribution in [3.05, 3.63) is 81.6 Å². The highest BCUT2D eigenvalue weighted by molar-refractivity contribution is 6.30. The maximum Gasteiger partial charge on any atom is 0.434 e. The molecule has 1 saturated carbocycles. The van der Waals surface area contributed by atoms with E-state index in [1.165, 1.54) is 6.20 Å². The van der Waals surface area contributed by atoms with Crippen molar-refractivity contribution in [1.29, 1.82) is 0 Å². The van der Waals surface area contributed by atoms with Crippen molar-refractivity contribution in [3.63, 3.8) is 0 Å². The van der Waals surface area contributed by atoms with Crippen molar-refractivity contribution in [1.82, 2.24) is 24.4 Å². The summed E-state index contributed by atoms with van der Waals surface area (Å²) in [4.78, 5) is 45.7. The quantitative estimate of drug-likeness (QED) is 0.287. The number of alkyl halides is 3. The maximum atomic E-state index is 13.6. The molecule has 1 fully saturated rings. The van der Waals surface area contributed by atoms with Crippen LogP contribution in [-0.4, -0.2) is 37.0 Å². The Morgan fingerprint density at radius 3 is 2.38 bits per heavy atom. The second-order valence-corrected chi connectivity index (χ2v) is 10.7. The fourth-order valence-corrected chi connectivity index (χ4v) is 5.46. The van der Waals surface area contributed by atoms with Crippen LogP contribution in [-0.2, 0) is 17.5 Å². The zero-order valence-corrected chi connectivity index (χ0v) is 23.4. The fourth-order valence-electron chi connectivity index (χ4n) is 5.31. The molecule has 2 N–H and O–H groups in total. The van der Waals surface area contributed by atoms with Crippen LogP contribution in [0.4, 0.5) is 19.0 Å². The number of imidazole rings is 1. The van der Waals surface area contributed by atoms with E-state index in [2.05, 4.69) is 20.6 Å². The summed E-state index contributed by atoms with van der Waals surface area (Å²) in [7, 11) is 0. The molecule has 0 unspecified atom stereocenters. The van der Waals surface area contributed by atoms with E-state index in [1.54, 1.807) is 28.2 Å². The van der Waals surface area contributed by atoms with E-state index in [4.69, 9.17) is 11.6 Å². The summed E-state index contributed by atoms with van der Waals surface area (Å²) in [6.45, 7) is 2.19. The Balaban J connectivity index is 1.29. The van der Waals surface area contributed by atoms with Gasteiger partial charge in [0.1, 0.15) is 5.82 Å². The van der Waals surface area contributed by atoms with Gasteiger partial charge in [0.15, 0.2) is 5.69 Å². The Morgan fingerprint density at radius 1 is 1.02 bits per heavy atom. The van der Waals surface area contributed by atoms with E-state index < -0.39 is 23.3 Å². The molecule has 220 valence electrons. The predicted octanol–water partition coefficient (Wildman–Crippen LogP) is 5.59. The molecule has 0 atom stereocenters. The molecule has 42 heavy (non-hydrogen) atoms. The number of aromatic nitrogens is 4. The number of hydrogen-bond donors (Lipinski definition) is 2. The van der Waals surface area contributed by atoms with Crippen LogP contribution >= 0.6 is 11.6 Å². The van der Waals surface area contributed by atoms with E-state index >= 15 is 0 Å². The lowest BCUT2D eigenvalue weighted by Crippen LogP contribution is -2.39. The number of nitrogens with zero attached hydrogens (tertiary/aromatic N) is 4. The lowest BCUT2D eigenvalue weighted by atomic mass is 9.85. The van der Waals surface area contributed by atoms with Crippen LogP contribution in [0.3, 0.4) is 0 Å². The van der Waals surface area contributed by atoms with E-state index in [-0.39, 0.29) is 28.6 Å². The molecule has 3 heterocycles. The van der Waals surface area contributed by atoms with Crippen molar-refractivity contribution in [2.24, 2.45) is 5.92 Å². The molecule has 0 bridgehead atoms. The molecular weight excluding hydrogens is 573 g/mol. The van der Waals surface area contributed by atoms with Gasteiger partial charge in [-0.3, -0.25) is 18.7 Å². The normalized spacial score (nSPS) is 17.3. The smallest absolute Gasteiger partial charge is 0.349 e. The van der Waals surface area contributed by atoms with Crippen molar-refractivity contribution < 1.29 is 22.8 Å². The maximum absolute atomic E-state index is 13.6. The van der Waals surface area contributed by atoms with Crippen LogP contribution in [0.25, 0.3) is 16.7 Å². The first-order valence-electron chi connectivity index (χ1n) is 13.5. The molecule has 13 heteroatoms. The van der Waals surface area contributed by atoms with Gasteiger partial charge in [0.25, 0.3) is 5.91 Å². The lowest BCUT2D eigenvalue weighted by Gasteiger charge is -2.29. The summed E-state index contributed by atoms with van der Waals surface area (Å²) in [5.74, 6) is -0.509. The summed E-state index contributed by atoms with van der Waals surface area (Å²) in [6, 6.07) is 11.5. The second kappa shape index (κ2) is 12.0. The highest BCUT2D eigenvalue weighted by Crippen LogP contribution is 2.32. The number of fused-ring (bicyclic) bond motifs is 1. The first-order valence-corrected chi connectivity index (χ1v) is 13.9. The van der Waals surface area contributed by atoms with Gasteiger partial charge in [-0.15, -0.1) is 0 Å². The number of para-hydroxylation sites is 2. The number of hydrogen-bond acceptors (Lipinski definition) is 5. The van der Waals surface area contributed by atoms with Crippen LogP contribution in [0, 0.1) is 5.92 Å². The van der Waals surface area contributed by atoms with Crippen LogP contribution in [0.5, 0.6) is 0 Å². The molecule has 9 nitrogen and oxygen atoms in total. The molecule has 0 aliphatic heterocycles. The molecule has 0 radical (unpaired) electrons. The van der Waals surface area contributed by atoms with E-state index in [9.17, 15) is 27.6 Å². The van der Waals surface area contributed by atoms with Crippen molar-refractivity contribution in [3.8, 4) is 5.69 Å². The van der Waals surface area contributed by atoms with Gasteiger partial charge in [-0.25, -0.2) is 14.8 Å². The minimum atomic E-state index is -4.79. The average molecular weight is 601 g/mol. The Kier molecular flexibility index (Phi) is 8.35. The van der Waals surface area contributed by atoms with Gasteiger partial charge in [-0.1, -0.05) is 30.7 Å². The third kappa shape index (κ3) is 6.18. The summed E-state index contributed by atoms with van der Waals surface area (Å²) in [5.41, 5.74) is -0.0757. The minimum Gasteiger partial charge on any atom is -0.349 e. The molecule has 2 amide bonds. The van der Waals surface area contributed by atoms with E-state index in [0.29, 0.717) is 55.7 Å². The number of rotatable bonds is 7. The number of nitrogens with one attached hydrogen (secondary N) is 2. The number of halogens is 4. The van der Waals surface area contributed by atoms with Gasteiger partial charge >= 0.3 is 11.9 Å². The summed E-state index contributed by atoms with van der Waals surface area (Å²) in [6.07, 6.45) is 0.380. The number of pyridine rings is 2. The van der Waals surface area contributed by atoms with Gasteiger partial charge in [0.2, 0.25) is 5.91 Å². The molecule has 4 aromatic rings. The molecule has 1 aliphatic carbocycles.